The number of carboxylic acids is 1. The number of rotatable bonds is 9. The van der Waals surface area contributed by atoms with E-state index >= 15 is 0 Å². The molecule has 2 aromatic rings. The van der Waals surface area contributed by atoms with Crippen molar-refractivity contribution in [1.82, 2.24) is 21.3 Å². The van der Waals surface area contributed by atoms with Crippen LogP contribution in [0.25, 0.3) is 0 Å². The quantitative estimate of drug-likeness (QED) is 0.332. The summed E-state index contributed by atoms with van der Waals surface area (Å²) in [6.07, 6.45) is 0. The number of nitrogens with one attached hydrogen (secondary N) is 4. The highest BCUT2D eigenvalue weighted by molar-refractivity contribution is 8.15. The van der Waals surface area contributed by atoms with Crippen molar-refractivity contribution < 1.29 is 27.9 Å². The second-order valence-corrected chi connectivity index (χ2v) is 12.5. The van der Waals surface area contributed by atoms with Crippen molar-refractivity contribution in [3.05, 3.63) is 66.2 Å². The number of sulfone groups is 1. The third-order valence-corrected chi connectivity index (χ3v) is 9.72. The number of hydrogen-bond acceptors (Lipinski definition) is 7. The summed E-state index contributed by atoms with van der Waals surface area (Å²) in [5.41, 5.74) is 0.873. The van der Waals surface area contributed by atoms with Crippen LogP contribution in [0, 0.1) is 0 Å². The zero-order chi connectivity index (χ0) is 25.6. The maximum Gasteiger partial charge on any atom is 0.328 e. The molecular formula is C23H28N4O6S2. The van der Waals surface area contributed by atoms with Gasteiger partial charge >= 0.3 is 12.0 Å². The number of carboxylic acid groups (broad SMARTS) is 1. The Kier molecular flexibility index (Phi) is 8.41. The van der Waals surface area contributed by atoms with E-state index in [4.69, 9.17) is 0 Å². The molecule has 1 fully saturated rings. The summed E-state index contributed by atoms with van der Waals surface area (Å²) in [7, 11) is -3.84. The molecule has 3 rings (SSSR count). The lowest BCUT2D eigenvalue weighted by Crippen LogP contribution is -2.57. The van der Waals surface area contributed by atoms with E-state index in [-0.39, 0.29) is 18.0 Å². The zero-order valence-electron chi connectivity index (χ0n) is 19.2. The Morgan fingerprint density at radius 1 is 1.06 bits per heavy atom. The van der Waals surface area contributed by atoms with Crippen LogP contribution in [0.5, 0.6) is 0 Å². The summed E-state index contributed by atoms with van der Waals surface area (Å²) >= 11 is 1.08. The molecule has 0 bridgehead atoms. The Bertz CT molecular complexity index is 1160. The summed E-state index contributed by atoms with van der Waals surface area (Å²) in [5.74, 6) is -2.00. The molecule has 0 spiro atoms. The van der Waals surface area contributed by atoms with Crippen LogP contribution in [0.1, 0.15) is 19.4 Å². The first-order valence-electron chi connectivity index (χ1n) is 10.9. The van der Waals surface area contributed by atoms with Crippen LogP contribution >= 0.6 is 11.8 Å². The van der Waals surface area contributed by atoms with Gasteiger partial charge in [0.25, 0.3) is 0 Å². The SMILES string of the molecule is CC1SC(C)(S(=O)(=O)c2ccccc2)NC1C(=O)NC(CNC(=O)NCc1ccccc1)C(=O)O. The molecule has 188 valence electrons. The summed E-state index contributed by atoms with van der Waals surface area (Å²) < 4.78 is 24.9. The minimum atomic E-state index is -3.84. The Balaban J connectivity index is 1.59. The lowest BCUT2D eigenvalue weighted by atomic mass is 10.2. The monoisotopic (exact) mass is 520 g/mol. The number of carbonyl (C=O) groups excluding carboxylic acids is 2. The fourth-order valence-corrected chi connectivity index (χ4v) is 7.33. The molecule has 1 aliphatic rings. The largest absolute Gasteiger partial charge is 0.480 e. The molecule has 1 aliphatic heterocycles. The van der Waals surface area contributed by atoms with Crippen molar-refractivity contribution in [2.45, 2.75) is 46.8 Å². The third kappa shape index (κ3) is 6.32. The van der Waals surface area contributed by atoms with E-state index in [0.717, 1.165) is 17.3 Å². The maximum absolute atomic E-state index is 13.2. The van der Waals surface area contributed by atoms with Gasteiger partial charge in [0.05, 0.1) is 11.4 Å². The standard InChI is InChI=1S/C23H28N4O6S2/c1-15-19(27-23(2,34-15)35(32,33)17-11-7-4-8-12-17)20(28)26-18(21(29)30)14-25-22(31)24-13-16-9-5-3-6-10-16/h3-12,15,18-19,27H,13-14H2,1-2H3,(H,26,28)(H,29,30)(H2,24,25,31). The number of thioether (sulfide) groups is 1. The smallest absolute Gasteiger partial charge is 0.328 e. The predicted molar refractivity (Wildman–Crippen MR) is 132 cm³/mol. The van der Waals surface area contributed by atoms with E-state index in [1.165, 1.54) is 19.1 Å². The predicted octanol–water partition coefficient (Wildman–Crippen LogP) is 1.30. The average Bonchev–Trinajstić information content (AvgIpc) is 3.17. The van der Waals surface area contributed by atoms with Gasteiger partial charge in [-0.15, -0.1) is 11.8 Å². The molecule has 0 aromatic heterocycles. The van der Waals surface area contributed by atoms with Gasteiger partial charge in [-0.25, -0.2) is 18.0 Å². The molecule has 1 heterocycles. The van der Waals surface area contributed by atoms with E-state index in [1.54, 1.807) is 25.1 Å². The molecule has 4 unspecified atom stereocenters. The van der Waals surface area contributed by atoms with Gasteiger partial charge in [-0.2, -0.15) is 0 Å². The minimum absolute atomic E-state index is 0.116. The number of benzene rings is 2. The van der Waals surface area contributed by atoms with Gasteiger partial charge in [0.1, 0.15) is 12.1 Å². The number of hydrogen-bond donors (Lipinski definition) is 5. The van der Waals surface area contributed by atoms with Gasteiger partial charge in [-0.05, 0) is 24.6 Å². The van der Waals surface area contributed by atoms with Crippen LogP contribution in [0.3, 0.4) is 0 Å². The number of urea groups is 1. The molecule has 0 saturated carbocycles. The molecular weight excluding hydrogens is 492 g/mol. The zero-order valence-corrected chi connectivity index (χ0v) is 20.9. The van der Waals surface area contributed by atoms with E-state index in [2.05, 4.69) is 21.3 Å². The van der Waals surface area contributed by atoms with E-state index < -0.39 is 49.3 Å². The fraction of sp³-hybridized carbons (Fsp3) is 0.348. The second kappa shape index (κ2) is 11.1. The summed E-state index contributed by atoms with van der Waals surface area (Å²) in [5, 5.41) is 19.4. The number of aliphatic carboxylic acids is 1. The van der Waals surface area contributed by atoms with Gasteiger partial charge in [-0.3, -0.25) is 10.1 Å². The van der Waals surface area contributed by atoms with E-state index in [1.807, 2.05) is 30.3 Å². The molecule has 5 N–H and O–H groups in total. The molecule has 1 saturated heterocycles. The van der Waals surface area contributed by atoms with E-state index in [0.29, 0.717) is 0 Å². The first-order chi connectivity index (χ1) is 16.5. The van der Waals surface area contributed by atoms with Gasteiger partial charge in [0, 0.05) is 11.8 Å². The Morgan fingerprint density at radius 3 is 2.26 bits per heavy atom. The molecule has 12 heteroatoms. The summed E-state index contributed by atoms with van der Waals surface area (Å²) in [4.78, 5) is 36.8. The fourth-order valence-electron chi connectivity index (χ4n) is 3.60. The molecule has 2 aromatic carbocycles. The highest BCUT2D eigenvalue weighted by Crippen LogP contribution is 2.42. The van der Waals surface area contributed by atoms with Crippen molar-refractivity contribution in [1.29, 1.82) is 0 Å². The van der Waals surface area contributed by atoms with E-state index in [9.17, 15) is 27.9 Å². The van der Waals surface area contributed by atoms with Crippen molar-refractivity contribution in [3.8, 4) is 0 Å². The van der Waals surface area contributed by atoms with Crippen LogP contribution in [0.4, 0.5) is 4.79 Å². The molecule has 3 amide bonds. The summed E-state index contributed by atoms with van der Waals surface area (Å²) in [6.45, 7) is 3.08. The second-order valence-electron chi connectivity index (χ2n) is 8.16. The molecule has 0 radical (unpaired) electrons. The molecule has 35 heavy (non-hydrogen) atoms. The van der Waals surface area contributed by atoms with Gasteiger partial charge in [-0.1, -0.05) is 55.5 Å². The Morgan fingerprint density at radius 2 is 1.66 bits per heavy atom. The number of carbonyl (C=O) groups is 3. The lowest BCUT2D eigenvalue weighted by molar-refractivity contribution is -0.141. The van der Waals surface area contributed by atoms with Gasteiger partial charge in [0.2, 0.25) is 15.7 Å². The topological polar surface area (TPSA) is 154 Å². The highest BCUT2D eigenvalue weighted by atomic mass is 32.3. The van der Waals surface area contributed by atoms with Crippen LogP contribution in [-0.2, 0) is 26.0 Å². The number of amides is 3. The molecule has 4 atom stereocenters. The summed E-state index contributed by atoms with van der Waals surface area (Å²) in [6, 6.07) is 14.1. The van der Waals surface area contributed by atoms with Crippen molar-refractivity contribution in [3.63, 3.8) is 0 Å². The van der Waals surface area contributed by atoms with Crippen molar-refractivity contribution in [2.75, 3.05) is 6.54 Å². The van der Waals surface area contributed by atoms with Crippen molar-refractivity contribution in [2.24, 2.45) is 0 Å². The maximum atomic E-state index is 13.2. The average molecular weight is 521 g/mol. The Hall–Kier alpha value is -3.09. The minimum Gasteiger partial charge on any atom is -0.480 e. The van der Waals surface area contributed by atoms with Crippen LogP contribution < -0.4 is 21.3 Å². The van der Waals surface area contributed by atoms with Crippen LogP contribution in [-0.4, -0.2) is 59.5 Å². The first kappa shape index (κ1) is 26.5. The van der Waals surface area contributed by atoms with Gasteiger partial charge in [0.15, 0.2) is 4.20 Å². The Labute approximate surface area is 208 Å². The first-order valence-corrected chi connectivity index (χ1v) is 13.2. The normalized spacial score (nSPS) is 22.7. The van der Waals surface area contributed by atoms with Crippen molar-refractivity contribution >= 4 is 39.5 Å². The highest BCUT2D eigenvalue weighted by Gasteiger charge is 2.52. The third-order valence-electron chi connectivity index (χ3n) is 5.52. The molecule has 10 nitrogen and oxygen atoms in total. The van der Waals surface area contributed by atoms with Crippen LogP contribution in [0.15, 0.2) is 65.6 Å². The van der Waals surface area contributed by atoms with Gasteiger partial charge < -0.3 is 21.1 Å². The lowest BCUT2D eigenvalue weighted by Gasteiger charge is -2.25. The van der Waals surface area contributed by atoms with Crippen LogP contribution in [0.2, 0.25) is 0 Å². The molecule has 0 aliphatic carbocycles.